The van der Waals surface area contributed by atoms with E-state index in [9.17, 15) is 14.7 Å². The zero-order valence-corrected chi connectivity index (χ0v) is 14.3. The molecule has 1 aliphatic carbocycles. The van der Waals surface area contributed by atoms with Gasteiger partial charge < -0.3 is 19.7 Å². The van der Waals surface area contributed by atoms with Gasteiger partial charge in [0.05, 0.1) is 7.11 Å². The van der Waals surface area contributed by atoms with Crippen LogP contribution >= 0.6 is 0 Å². The lowest BCUT2D eigenvalue weighted by molar-refractivity contribution is -0.148. The van der Waals surface area contributed by atoms with Crippen LogP contribution < -0.4 is 10.1 Å². The highest BCUT2D eigenvalue weighted by Crippen LogP contribution is 2.54. The smallest absolute Gasteiger partial charge is 0.412 e. The number of hydrogen-bond donors (Lipinski definition) is 3. The Morgan fingerprint density at radius 3 is 2.38 bits per heavy atom. The number of aliphatic hydroxyl groups excluding tert-OH is 1. The molecular weight excluding hydrogens is 314 g/mol. The molecule has 2 rings (SSSR count). The minimum atomic E-state index is -1.49. The summed E-state index contributed by atoms with van der Waals surface area (Å²) in [7, 11) is 1.46. The third-order valence-corrected chi connectivity index (χ3v) is 3.93. The number of methoxy groups -OCH3 is 1. The molecule has 0 radical (unpaired) electrons. The first kappa shape index (κ1) is 18.1. The summed E-state index contributed by atoms with van der Waals surface area (Å²) >= 11 is 0. The molecule has 0 spiro atoms. The van der Waals surface area contributed by atoms with Crippen molar-refractivity contribution < 1.29 is 29.3 Å². The van der Waals surface area contributed by atoms with E-state index < -0.39 is 29.2 Å². The lowest BCUT2D eigenvalue weighted by Crippen LogP contribution is -2.34. The molecular formula is C17H23NO6. The van der Waals surface area contributed by atoms with Gasteiger partial charge in [0.15, 0.2) is 6.10 Å². The number of aliphatic carboxylic acids is 1. The Morgan fingerprint density at radius 1 is 1.29 bits per heavy atom. The Bertz CT molecular complexity index is 645. The maximum atomic E-state index is 11.8. The first-order valence-electron chi connectivity index (χ1n) is 7.68. The fourth-order valence-electron chi connectivity index (χ4n) is 2.66. The van der Waals surface area contributed by atoms with Gasteiger partial charge in [0.25, 0.3) is 0 Å². The highest BCUT2D eigenvalue weighted by Gasteiger charge is 2.54. The third kappa shape index (κ3) is 3.79. The molecule has 0 heterocycles. The molecule has 1 aliphatic rings. The number of carbonyl (C=O) groups is 2. The van der Waals surface area contributed by atoms with Crippen molar-refractivity contribution in [1.29, 1.82) is 0 Å². The Kier molecular flexibility index (Phi) is 4.75. The van der Waals surface area contributed by atoms with E-state index in [0.717, 1.165) is 0 Å². The fourth-order valence-corrected chi connectivity index (χ4v) is 2.66. The van der Waals surface area contributed by atoms with Crippen LogP contribution in [0.4, 0.5) is 10.5 Å². The number of carboxylic acids is 1. The molecule has 24 heavy (non-hydrogen) atoms. The van der Waals surface area contributed by atoms with Gasteiger partial charge >= 0.3 is 12.1 Å². The number of carboxylic acid groups (broad SMARTS) is 1. The summed E-state index contributed by atoms with van der Waals surface area (Å²) in [6.45, 7) is 5.29. The maximum absolute atomic E-state index is 11.8. The number of nitrogens with one attached hydrogen (secondary N) is 1. The predicted octanol–water partition coefficient (Wildman–Crippen LogP) is 2.52. The van der Waals surface area contributed by atoms with E-state index >= 15 is 0 Å². The lowest BCUT2D eigenvalue weighted by atomic mass is 9.89. The highest BCUT2D eigenvalue weighted by atomic mass is 16.6. The van der Waals surface area contributed by atoms with E-state index in [1.807, 2.05) is 0 Å². The van der Waals surface area contributed by atoms with Crippen LogP contribution in [-0.2, 0) is 14.9 Å². The largest absolute Gasteiger partial charge is 0.496 e. The van der Waals surface area contributed by atoms with Gasteiger partial charge in [0, 0.05) is 22.7 Å². The number of carbonyl (C=O) groups excluding carboxylic acids is 1. The van der Waals surface area contributed by atoms with Crippen molar-refractivity contribution in [3.8, 4) is 5.75 Å². The summed E-state index contributed by atoms with van der Waals surface area (Å²) in [6, 6.07) is 4.90. The third-order valence-electron chi connectivity index (χ3n) is 3.93. The molecule has 0 bridgehead atoms. The monoisotopic (exact) mass is 337 g/mol. The Hall–Kier alpha value is -2.28. The quantitative estimate of drug-likeness (QED) is 0.762. The number of ether oxygens (including phenoxy) is 2. The first-order valence-corrected chi connectivity index (χ1v) is 7.68. The van der Waals surface area contributed by atoms with Gasteiger partial charge in [-0.25, -0.2) is 9.59 Å². The molecule has 1 atom stereocenters. The summed E-state index contributed by atoms with van der Waals surface area (Å²) in [6.07, 6.45) is -0.953. The van der Waals surface area contributed by atoms with Crippen molar-refractivity contribution in [1.82, 2.24) is 0 Å². The molecule has 0 aromatic heterocycles. The van der Waals surface area contributed by atoms with Crippen LogP contribution in [0.3, 0.4) is 0 Å². The van der Waals surface area contributed by atoms with Crippen molar-refractivity contribution >= 4 is 17.7 Å². The van der Waals surface area contributed by atoms with Gasteiger partial charge in [-0.1, -0.05) is 6.07 Å². The SMILES string of the molecule is COc1cc(NC(=O)OC(C)(C)C)ccc1C1(C(O)C(=O)O)CC1. The molecule has 7 heteroatoms. The van der Waals surface area contributed by atoms with Crippen LogP contribution in [-0.4, -0.2) is 41.1 Å². The predicted molar refractivity (Wildman–Crippen MR) is 87.4 cm³/mol. The van der Waals surface area contributed by atoms with Crippen LogP contribution in [0.5, 0.6) is 5.75 Å². The summed E-state index contributed by atoms with van der Waals surface area (Å²) < 4.78 is 10.5. The molecule has 1 saturated carbocycles. The van der Waals surface area contributed by atoms with Gasteiger partial charge in [0.1, 0.15) is 11.4 Å². The molecule has 1 unspecified atom stereocenters. The molecule has 0 aliphatic heterocycles. The zero-order valence-electron chi connectivity index (χ0n) is 14.3. The fraction of sp³-hybridized carbons (Fsp3) is 0.529. The maximum Gasteiger partial charge on any atom is 0.412 e. The number of hydrogen-bond acceptors (Lipinski definition) is 5. The number of aliphatic hydroxyl groups is 1. The summed E-state index contributed by atoms with van der Waals surface area (Å²) in [5.41, 5.74) is -0.362. The van der Waals surface area contributed by atoms with E-state index in [1.165, 1.54) is 7.11 Å². The van der Waals surface area contributed by atoms with Crippen LogP contribution in [0.15, 0.2) is 18.2 Å². The van der Waals surface area contributed by atoms with Gasteiger partial charge in [0.2, 0.25) is 0 Å². The van der Waals surface area contributed by atoms with E-state index in [-0.39, 0.29) is 0 Å². The molecule has 3 N–H and O–H groups in total. The zero-order chi connectivity index (χ0) is 18.1. The number of rotatable bonds is 5. The Morgan fingerprint density at radius 2 is 1.92 bits per heavy atom. The van der Waals surface area contributed by atoms with E-state index in [1.54, 1.807) is 39.0 Å². The van der Waals surface area contributed by atoms with E-state index in [4.69, 9.17) is 14.6 Å². The van der Waals surface area contributed by atoms with Crippen molar-refractivity contribution in [2.45, 2.75) is 50.7 Å². The summed E-state index contributed by atoms with van der Waals surface area (Å²) in [5.74, 6) is -0.841. The average Bonchev–Trinajstić information content (AvgIpc) is 3.25. The number of amides is 1. The molecule has 132 valence electrons. The second-order valence-corrected chi connectivity index (χ2v) is 6.94. The molecule has 1 aromatic carbocycles. The van der Waals surface area contributed by atoms with Crippen LogP contribution in [0.1, 0.15) is 39.2 Å². The highest BCUT2D eigenvalue weighted by molar-refractivity contribution is 5.85. The van der Waals surface area contributed by atoms with Crippen molar-refractivity contribution in [3.63, 3.8) is 0 Å². The van der Waals surface area contributed by atoms with Crippen molar-refractivity contribution in [2.75, 3.05) is 12.4 Å². The number of anilines is 1. The van der Waals surface area contributed by atoms with Gasteiger partial charge in [-0.2, -0.15) is 0 Å². The lowest BCUT2D eigenvalue weighted by Gasteiger charge is -2.23. The van der Waals surface area contributed by atoms with Crippen LogP contribution in [0, 0.1) is 0 Å². The second-order valence-electron chi connectivity index (χ2n) is 6.94. The molecule has 1 amide bonds. The molecule has 7 nitrogen and oxygen atoms in total. The van der Waals surface area contributed by atoms with E-state index in [2.05, 4.69) is 5.32 Å². The molecule has 0 saturated heterocycles. The second kappa shape index (κ2) is 6.32. The van der Waals surface area contributed by atoms with Gasteiger partial charge in [-0.3, -0.25) is 5.32 Å². The normalized spacial score (nSPS) is 16.9. The summed E-state index contributed by atoms with van der Waals surface area (Å²) in [5, 5.41) is 21.7. The topological polar surface area (TPSA) is 105 Å². The van der Waals surface area contributed by atoms with Crippen molar-refractivity contribution in [3.05, 3.63) is 23.8 Å². The molecule has 1 aromatic rings. The minimum absolute atomic E-state index is 0.418. The van der Waals surface area contributed by atoms with E-state index in [0.29, 0.717) is 29.8 Å². The Labute approximate surface area is 140 Å². The van der Waals surface area contributed by atoms with Crippen molar-refractivity contribution in [2.24, 2.45) is 0 Å². The minimum Gasteiger partial charge on any atom is -0.496 e. The van der Waals surface area contributed by atoms with Crippen LogP contribution in [0.25, 0.3) is 0 Å². The van der Waals surface area contributed by atoms with Gasteiger partial charge in [-0.05, 0) is 39.7 Å². The van der Waals surface area contributed by atoms with Gasteiger partial charge in [-0.15, -0.1) is 0 Å². The van der Waals surface area contributed by atoms with Crippen LogP contribution in [0.2, 0.25) is 0 Å². The summed E-state index contributed by atoms with van der Waals surface area (Å²) in [4.78, 5) is 23.0. The number of benzene rings is 1. The standard InChI is InChI=1S/C17H23NO6/c1-16(2,3)24-15(22)18-10-5-6-11(12(9-10)23-4)17(7-8-17)13(19)14(20)21/h5-6,9,13,19H,7-8H2,1-4H3,(H,18,22)(H,20,21). The molecule has 1 fully saturated rings. The Balaban J connectivity index is 2.23. The first-order chi connectivity index (χ1) is 11.1. The average molecular weight is 337 g/mol.